The molecule has 130 valence electrons. The monoisotopic (exact) mass is 352 g/mol. The quantitative estimate of drug-likeness (QED) is 0.760. The molecule has 1 aromatic carbocycles. The number of aryl methyl sites for hydroxylation is 1. The number of nitrogens with two attached hydrogens (primary N) is 1. The lowest BCUT2D eigenvalue weighted by atomic mass is 9.95. The second-order valence-electron chi connectivity index (χ2n) is 7.19. The minimum atomic E-state index is 0.231. The molecule has 2 N–H and O–H groups in total. The van der Waals surface area contributed by atoms with Gasteiger partial charge in [0.2, 0.25) is 0 Å². The van der Waals surface area contributed by atoms with Gasteiger partial charge in [-0.1, -0.05) is 30.3 Å². The molecule has 25 heavy (non-hydrogen) atoms. The first-order valence-corrected chi connectivity index (χ1v) is 9.77. The molecule has 0 aliphatic carbocycles. The van der Waals surface area contributed by atoms with E-state index in [1.54, 1.807) is 17.7 Å². The molecule has 1 aliphatic heterocycles. The number of fused-ring (bicyclic) bond motifs is 1. The van der Waals surface area contributed by atoms with Gasteiger partial charge in [-0.2, -0.15) is 0 Å². The Morgan fingerprint density at radius 1 is 1.28 bits per heavy atom. The van der Waals surface area contributed by atoms with Crippen molar-refractivity contribution >= 4 is 27.4 Å². The van der Waals surface area contributed by atoms with Gasteiger partial charge in [-0.3, -0.25) is 0 Å². The molecule has 4 rings (SSSR count). The lowest BCUT2D eigenvalue weighted by molar-refractivity contribution is 0.473. The minimum Gasteiger partial charge on any atom is -0.349 e. The van der Waals surface area contributed by atoms with Crippen LogP contribution in [-0.2, 0) is 0 Å². The largest absolute Gasteiger partial charge is 0.349 e. The van der Waals surface area contributed by atoms with Crippen molar-refractivity contribution in [1.82, 2.24) is 9.97 Å². The van der Waals surface area contributed by atoms with E-state index in [0.717, 1.165) is 30.0 Å². The Labute approximate surface area is 152 Å². The molecule has 4 nitrogen and oxygen atoms in total. The van der Waals surface area contributed by atoms with Crippen LogP contribution >= 0.6 is 11.3 Å². The second kappa shape index (κ2) is 6.73. The van der Waals surface area contributed by atoms with Crippen LogP contribution in [0.4, 0.5) is 5.82 Å². The van der Waals surface area contributed by atoms with Crippen LogP contribution < -0.4 is 10.6 Å². The molecule has 0 spiro atoms. The predicted molar refractivity (Wildman–Crippen MR) is 105 cm³/mol. The third kappa shape index (κ3) is 3.14. The second-order valence-corrected chi connectivity index (χ2v) is 8.05. The van der Waals surface area contributed by atoms with Gasteiger partial charge in [0.05, 0.1) is 11.4 Å². The van der Waals surface area contributed by atoms with Crippen molar-refractivity contribution < 1.29 is 0 Å². The molecule has 1 fully saturated rings. The molecule has 3 atom stereocenters. The highest BCUT2D eigenvalue weighted by molar-refractivity contribution is 7.17. The van der Waals surface area contributed by atoms with E-state index in [1.807, 2.05) is 0 Å². The van der Waals surface area contributed by atoms with E-state index < -0.39 is 0 Å². The van der Waals surface area contributed by atoms with Gasteiger partial charge in [0.15, 0.2) is 0 Å². The van der Waals surface area contributed by atoms with Gasteiger partial charge in [0.1, 0.15) is 17.0 Å². The number of nitrogens with zero attached hydrogens (tertiary/aromatic N) is 3. The first-order valence-electron chi connectivity index (χ1n) is 8.89. The first-order chi connectivity index (χ1) is 12.1. The SMILES string of the molecule is Cc1csc2ncnc(N3CC(CC(C)N)CC3c3ccccc3)c12. The van der Waals surface area contributed by atoms with Crippen molar-refractivity contribution in [1.29, 1.82) is 0 Å². The highest BCUT2D eigenvalue weighted by Gasteiger charge is 2.35. The van der Waals surface area contributed by atoms with Gasteiger partial charge in [-0.15, -0.1) is 11.3 Å². The summed E-state index contributed by atoms with van der Waals surface area (Å²) in [6.45, 7) is 5.26. The van der Waals surface area contributed by atoms with Crippen molar-refractivity contribution in [2.45, 2.75) is 38.8 Å². The Kier molecular flexibility index (Phi) is 4.44. The molecule has 1 saturated heterocycles. The average Bonchev–Trinajstić information content (AvgIpc) is 3.19. The van der Waals surface area contributed by atoms with Gasteiger partial charge in [-0.25, -0.2) is 9.97 Å². The standard InChI is InChI=1S/C20H24N4S/c1-13-11-25-20-18(13)19(22-12-23-20)24-10-15(8-14(2)21)9-17(24)16-6-4-3-5-7-16/h3-7,11-12,14-15,17H,8-10,21H2,1-2H3. The van der Waals surface area contributed by atoms with E-state index in [0.29, 0.717) is 12.0 Å². The number of anilines is 1. The van der Waals surface area contributed by atoms with Crippen LogP contribution in [0.25, 0.3) is 10.2 Å². The fourth-order valence-corrected chi connectivity index (χ4v) is 4.95. The molecule has 0 amide bonds. The van der Waals surface area contributed by atoms with E-state index in [-0.39, 0.29) is 6.04 Å². The summed E-state index contributed by atoms with van der Waals surface area (Å²) >= 11 is 1.70. The average molecular weight is 353 g/mol. The summed E-state index contributed by atoms with van der Waals surface area (Å²) in [5, 5.41) is 3.38. The van der Waals surface area contributed by atoms with E-state index >= 15 is 0 Å². The zero-order valence-corrected chi connectivity index (χ0v) is 15.5. The normalized spacial score (nSPS) is 21.8. The van der Waals surface area contributed by atoms with Crippen LogP contribution in [-0.4, -0.2) is 22.6 Å². The molecule has 3 unspecified atom stereocenters. The molecule has 3 heterocycles. The molecular weight excluding hydrogens is 328 g/mol. The van der Waals surface area contributed by atoms with Gasteiger partial charge in [0.25, 0.3) is 0 Å². The van der Waals surface area contributed by atoms with Crippen molar-refractivity contribution in [2.75, 3.05) is 11.4 Å². The number of hydrogen-bond donors (Lipinski definition) is 1. The maximum absolute atomic E-state index is 6.10. The molecule has 3 aromatic rings. The molecule has 0 radical (unpaired) electrons. The van der Waals surface area contributed by atoms with Crippen LogP contribution in [0, 0.1) is 12.8 Å². The van der Waals surface area contributed by atoms with Crippen molar-refractivity contribution in [2.24, 2.45) is 11.7 Å². The molecule has 0 saturated carbocycles. The maximum Gasteiger partial charge on any atom is 0.141 e. The van der Waals surface area contributed by atoms with Crippen LogP contribution in [0.2, 0.25) is 0 Å². The van der Waals surface area contributed by atoms with E-state index in [2.05, 4.69) is 59.4 Å². The number of benzene rings is 1. The highest BCUT2D eigenvalue weighted by Crippen LogP contribution is 2.42. The zero-order chi connectivity index (χ0) is 17.4. The van der Waals surface area contributed by atoms with Crippen LogP contribution in [0.5, 0.6) is 0 Å². The fraction of sp³-hybridized carbons (Fsp3) is 0.400. The van der Waals surface area contributed by atoms with E-state index in [4.69, 9.17) is 10.7 Å². The molecule has 5 heteroatoms. The molecule has 0 bridgehead atoms. The lowest BCUT2D eigenvalue weighted by Gasteiger charge is -2.27. The van der Waals surface area contributed by atoms with Gasteiger partial charge in [-0.05, 0) is 49.1 Å². The Morgan fingerprint density at radius 3 is 2.84 bits per heavy atom. The third-order valence-electron chi connectivity index (χ3n) is 5.08. The first kappa shape index (κ1) is 16.5. The number of thiophene rings is 1. The van der Waals surface area contributed by atoms with Gasteiger partial charge in [0, 0.05) is 12.6 Å². The summed E-state index contributed by atoms with van der Waals surface area (Å²) in [7, 11) is 0. The Balaban J connectivity index is 1.77. The summed E-state index contributed by atoms with van der Waals surface area (Å²) in [5.74, 6) is 1.67. The lowest BCUT2D eigenvalue weighted by Crippen LogP contribution is -2.26. The highest BCUT2D eigenvalue weighted by atomic mass is 32.1. The molecule has 2 aromatic heterocycles. The summed E-state index contributed by atoms with van der Waals surface area (Å²) < 4.78 is 0. The van der Waals surface area contributed by atoms with Crippen molar-refractivity contribution in [3.8, 4) is 0 Å². The van der Waals surface area contributed by atoms with Crippen LogP contribution in [0.15, 0.2) is 42.0 Å². The smallest absolute Gasteiger partial charge is 0.141 e. The number of aromatic nitrogens is 2. The summed E-state index contributed by atoms with van der Waals surface area (Å²) in [5.41, 5.74) is 8.71. The summed E-state index contributed by atoms with van der Waals surface area (Å²) in [6.07, 6.45) is 3.88. The number of rotatable bonds is 4. The van der Waals surface area contributed by atoms with E-state index in [1.165, 1.54) is 16.5 Å². The van der Waals surface area contributed by atoms with E-state index in [9.17, 15) is 0 Å². The topological polar surface area (TPSA) is 55.0 Å². The van der Waals surface area contributed by atoms with Crippen LogP contribution in [0.1, 0.15) is 36.9 Å². The zero-order valence-electron chi connectivity index (χ0n) is 14.7. The Hall–Kier alpha value is -1.98. The van der Waals surface area contributed by atoms with Gasteiger partial charge < -0.3 is 10.6 Å². The fourth-order valence-electron chi connectivity index (χ4n) is 4.06. The van der Waals surface area contributed by atoms with Crippen LogP contribution in [0.3, 0.4) is 0 Å². The molecule has 1 aliphatic rings. The van der Waals surface area contributed by atoms with Crippen molar-refractivity contribution in [3.63, 3.8) is 0 Å². The maximum atomic E-state index is 6.10. The van der Waals surface area contributed by atoms with Gasteiger partial charge >= 0.3 is 0 Å². The summed E-state index contributed by atoms with van der Waals surface area (Å²) in [4.78, 5) is 12.7. The minimum absolute atomic E-state index is 0.231. The predicted octanol–water partition coefficient (Wildman–Crippen LogP) is 4.30. The number of hydrogen-bond acceptors (Lipinski definition) is 5. The Bertz CT molecular complexity index is 859. The Morgan fingerprint density at radius 2 is 2.08 bits per heavy atom. The third-order valence-corrected chi connectivity index (χ3v) is 6.09. The molecular formula is C20H24N4S. The van der Waals surface area contributed by atoms with Crippen molar-refractivity contribution in [3.05, 3.63) is 53.2 Å². The summed E-state index contributed by atoms with van der Waals surface area (Å²) in [6, 6.07) is 11.4.